The third kappa shape index (κ3) is 3.06. The summed E-state index contributed by atoms with van der Waals surface area (Å²) in [6.07, 6.45) is 3.96. The predicted octanol–water partition coefficient (Wildman–Crippen LogP) is 0.446. The van der Waals surface area contributed by atoms with E-state index in [2.05, 4.69) is 0 Å². The van der Waals surface area contributed by atoms with E-state index in [1.54, 1.807) is 4.90 Å². The van der Waals surface area contributed by atoms with Crippen LogP contribution in [0.2, 0.25) is 0 Å². The van der Waals surface area contributed by atoms with Gasteiger partial charge in [-0.3, -0.25) is 24.2 Å². The van der Waals surface area contributed by atoms with Gasteiger partial charge in [-0.25, -0.2) is 4.79 Å². The third-order valence-electron chi connectivity index (χ3n) is 4.17. The number of barbiturate groups is 1. The van der Waals surface area contributed by atoms with Gasteiger partial charge in [-0.1, -0.05) is 12.8 Å². The summed E-state index contributed by atoms with van der Waals surface area (Å²) in [5.41, 5.74) is 0. The summed E-state index contributed by atoms with van der Waals surface area (Å²) in [5, 5.41) is 0. The molecule has 7 heteroatoms. The van der Waals surface area contributed by atoms with E-state index in [4.69, 9.17) is 0 Å². The lowest BCUT2D eigenvalue weighted by molar-refractivity contribution is -0.151. The van der Waals surface area contributed by atoms with Crippen LogP contribution in [0.1, 0.15) is 32.1 Å². The van der Waals surface area contributed by atoms with Crippen LogP contribution < -0.4 is 0 Å². The van der Waals surface area contributed by atoms with E-state index in [1.165, 1.54) is 14.1 Å². The van der Waals surface area contributed by atoms with E-state index < -0.39 is 23.8 Å². The molecule has 2 saturated heterocycles. The second-order valence-electron chi connectivity index (χ2n) is 5.63. The van der Waals surface area contributed by atoms with Gasteiger partial charge in [0, 0.05) is 33.6 Å². The summed E-state index contributed by atoms with van der Waals surface area (Å²) < 4.78 is 0. The summed E-state index contributed by atoms with van der Waals surface area (Å²) in [4.78, 5) is 51.6. The summed E-state index contributed by atoms with van der Waals surface area (Å²) in [5.74, 6) is -2.44. The number of nitrogens with zero attached hydrogens (tertiary/aromatic N) is 3. The van der Waals surface area contributed by atoms with Crippen LogP contribution in [0.5, 0.6) is 0 Å². The quantitative estimate of drug-likeness (QED) is 0.693. The van der Waals surface area contributed by atoms with E-state index >= 15 is 0 Å². The number of rotatable bonds is 2. The van der Waals surface area contributed by atoms with E-state index in [0.29, 0.717) is 13.1 Å². The van der Waals surface area contributed by atoms with Crippen LogP contribution in [0.15, 0.2) is 0 Å². The number of urea groups is 1. The Labute approximate surface area is 123 Å². The summed E-state index contributed by atoms with van der Waals surface area (Å²) in [6.45, 7) is 1.36. The molecule has 21 heavy (non-hydrogen) atoms. The van der Waals surface area contributed by atoms with Crippen molar-refractivity contribution in [2.75, 3.05) is 27.2 Å². The summed E-state index contributed by atoms with van der Waals surface area (Å²) in [7, 11) is 2.66. The first-order chi connectivity index (χ1) is 9.93. The monoisotopic (exact) mass is 295 g/mol. The molecule has 116 valence electrons. The number of imide groups is 2. The molecule has 0 aromatic carbocycles. The molecule has 0 saturated carbocycles. The number of carbonyl (C=O) groups excluding carboxylic acids is 4. The van der Waals surface area contributed by atoms with E-state index in [-0.39, 0.29) is 12.3 Å². The second kappa shape index (κ2) is 6.24. The Morgan fingerprint density at radius 3 is 1.90 bits per heavy atom. The number of hydrogen-bond donors (Lipinski definition) is 0. The lowest BCUT2D eigenvalue weighted by atomic mass is 9.99. The van der Waals surface area contributed by atoms with Crippen LogP contribution in [0.4, 0.5) is 4.79 Å². The van der Waals surface area contributed by atoms with Gasteiger partial charge >= 0.3 is 6.03 Å². The molecule has 2 rings (SSSR count). The maximum atomic E-state index is 12.3. The molecule has 0 unspecified atom stereocenters. The summed E-state index contributed by atoms with van der Waals surface area (Å²) >= 11 is 0. The van der Waals surface area contributed by atoms with Gasteiger partial charge in [-0.2, -0.15) is 0 Å². The maximum Gasteiger partial charge on any atom is 0.332 e. The Balaban J connectivity index is 2.06. The summed E-state index contributed by atoms with van der Waals surface area (Å²) in [6, 6.07) is -0.650. The Morgan fingerprint density at radius 2 is 1.43 bits per heavy atom. The second-order valence-corrected chi connectivity index (χ2v) is 5.63. The van der Waals surface area contributed by atoms with E-state index in [9.17, 15) is 19.2 Å². The van der Waals surface area contributed by atoms with Crippen molar-refractivity contribution in [3.05, 3.63) is 0 Å². The van der Waals surface area contributed by atoms with Crippen molar-refractivity contribution in [1.82, 2.24) is 14.7 Å². The topological polar surface area (TPSA) is 78.0 Å². The minimum absolute atomic E-state index is 0.153. The molecule has 0 atom stereocenters. The number of carbonyl (C=O) groups is 4. The highest BCUT2D eigenvalue weighted by Crippen LogP contribution is 2.20. The van der Waals surface area contributed by atoms with E-state index in [1.807, 2.05) is 0 Å². The van der Waals surface area contributed by atoms with Crippen molar-refractivity contribution in [1.29, 1.82) is 0 Å². The fourth-order valence-corrected chi connectivity index (χ4v) is 2.79. The Bertz CT molecular complexity index is 445. The van der Waals surface area contributed by atoms with Crippen molar-refractivity contribution in [2.45, 2.75) is 32.1 Å². The molecule has 0 bridgehead atoms. The Kier molecular flexibility index (Phi) is 4.59. The Hall–Kier alpha value is -1.92. The molecule has 0 spiro atoms. The first-order valence-electron chi connectivity index (χ1n) is 7.30. The van der Waals surface area contributed by atoms with Crippen molar-refractivity contribution >= 4 is 23.8 Å². The van der Waals surface area contributed by atoms with Gasteiger partial charge in [0.05, 0.1) is 0 Å². The van der Waals surface area contributed by atoms with Crippen molar-refractivity contribution in [2.24, 2.45) is 5.92 Å². The molecule has 0 radical (unpaired) electrons. The highest BCUT2D eigenvalue weighted by molar-refractivity contribution is 6.16. The minimum Gasteiger partial charge on any atom is -0.343 e. The number of hydrogen-bond acceptors (Lipinski definition) is 4. The average molecular weight is 295 g/mol. The third-order valence-corrected chi connectivity index (χ3v) is 4.17. The smallest absolute Gasteiger partial charge is 0.332 e. The zero-order chi connectivity index (χ0) is 15.6. The van der Waals surface area contributed by atoms with Gasteiger partial charge in [-0.15, -0.1) is 0 Å². The fourth-order valence-electron chi connectivity index (χ4n) is 2.79. The normalized spacial score (nSPS) is 21.8. The molecule has 5 amide bonds. The van der Waals surface area contributed by atoms with E-state index in [0.717, 1.165) is 35.5 Å². The number of likely N-dealkylation sites (tertiary alicyclic amines) is 1. The SMILES string of the molecule is CN1C(=O)C(CC(=O)N2CCCCCC2)C(=O)N(C)C1=O. The molecule has 0 N–H and O–H groups in total. The lowest BCUT2D eigenvalue weighted by Crippen LogP contribution is -2.57. The molecule has 0 aromatic heterocycles. The highest BCUT2D eigenvalue weighted by atomic mass is 16.2. The average Bonchev–Trinajstić information content (AvgIpc) is 2.76. The molecule has 0 aliphatic carbocycles. The van der Waals surface area contributed by atoms with Crippen LogP contribution in [-0.4, -0.2) is 65.6 Å². The van der Waals surface area contributed by atoms with Crippen LogP contribution in [0.3, 0.4) is 0 Å². The van der Waals surface area contributed by atoms with Crippen molar-refractivity contribution < 1.29 is 19.2 Å². The van der Waals surface area contributed by atoms with Crippen LogP contribution >= 0.6 is 0 Å². The van der Waals surface area contributed by atoms with Crippen LogP contribution in [0, 0.1) is 5.92 Å². The first kappa shape index (κ1) is 15.5. The lowest BCUT2D eigenvalue weighted by Gasteiger charge is -2.33. The van der Waals surface area contributed by atoms with Gasteiger partial charge in [0.25, 0.3) is 0 Å². The molecule has 2 heterocycles. The predicted molar refractivity (Wildman–Crippen MR) is 74.1 cm³/mol. The maximum absolute atomic E-state index is 12.3. The van der Waals surface area contributed by atoms with Gasteiger partial charge in [-0.05, 0) is 12.8 Å². The van der Waals surface area contributed by atoms with Gasteiger partial charge < -0.3 is 4.90 Å². The molecule has 2 aliphatic rings. The van der Waals surface area contributed by atoms with Crippen LogP contribution in [-0.2, 0) is 14.4 Å². The Morgan fingerprint density at radius 1 is 0.952 bits per heavy atom. The number of amides is 5. The molecule has 0 aromatic rings. The zero-order valence-corrected chi connectivity index (χ0v) is 12.5. The molecular weight excluding hydrogens is 274 g/mol. The standard InChI is InChI=1S/C14H21N3O4/c1-15-12(19)10(13(20)16(2)14(15)21)9-11(18)17-7-5-3-4-6-8-17/h10H,3-9H2,1-2H3. The fraction of sp³-hybridized carbons (Fsp3) is 0.714. The first-order valence-corrected chi connectivity index (χ1v) is 7.30. The molecule has 7 nitrogen and oxygen atoms in total. The van der Waals surface area contributed by atoms with Gasteiger partial charge in [0.1, 0.15) is 5.92 Å². The molecule has 2 aliphatic heterocycles. The highest BCUT2D eigenvalue weighted by Gasteiger charge is 2.43. The zero-order valence-electron chi connectivity index (χ0n) is 12.5. The largest absolute Gasteiger partial charge is 0.343 e. The van der Waals surface area contributed by atoms with Gasteiger partial charge in [0.15, 0.2) is 0 Å². The molecule has 2 fully saturated rings. The van der Waals surface area contributed by atoms with Gasteiger partial charge in [0.2, 0.25) is 17.7 Å². The van der Waals surface area contributed by atoms with Crippen molar-refractivity contribution in [3.63, 3.8) is 0 Å². The van der Waals surface area contributed by atoms with Crippen LogP contribution in [0.25, 0.3) is 0 Å². The molecular formula is C14H21N3O4. The van der Waals surface area contributed by atoms with Crippen molar-refractivity contribution in [3.8, 4) is 0 Å². The minimum atomic E-state index is -1.08.